The zero-order valence-corrected chi connectivity index (χ0v) is 16.7. The first-order valence-electron chi connectivity index (χ1n) is 7.99. The van der Waals surface area contributed by atoms with Crippen molar-refractivity contribution in [2.24, 2.45) is 0 Å². The fraction of sp³-hybridized carbons (Fsp3) is 1.00. The van der Waals surface area contributed by atoms with Crippen molar-refractivity contribution in [3.05, 3.63) is 0 Å². The van der Waals surface area contributed by atoms with Crippen molar-refractivity contribution in [1.82, 2.24) is 0 Å². The average molecular weight is 338 g/mol. The summed E-state index contributed by atoms with van der Waals surface area (Å²) in [5.41, 5.74) is 0. The molecule has 4 heteroatoms. The second kappa shape index (κ2) is 28.5. The van der Waals surface area contributed by atoms with Crippen molar-refractivity contribution < 1.29 is 29.6 Å². The summed E-state index contributed by atoms with van der Waals surface area (Å²) in [6.45, 7) is 6.51. The fourth-order valence-corrected chi connectivity index (χ4v) is 2.07. The maximum absolute atomic E-state index is 5.65. The molecule has 0 spiro atoms. The van der Waals surface area contributed by atoms with Crippen LogP contribution in [0, 0.1) is 0 Å². The minimum atomic E-state index is 0. The normalized spacial score (nSPS) is 9.30. The van der Waals surface area contributed by atoms with Gasteiger partial charge in [0.05, 0.1) is 0 Å². The van der Waals surface area contributed by atoms with Crippen molar-refractivity contribution >= 4 is 23.1 Å². The van der Waals surface area contributed by atoms with E-state index < -0.39 is 0 Å². The first-order valence-corrected chi connectivity index (χ1v) is 7.99. The number of hydrogen-bond donors (Lipinski definition) is 0. The van der Waals surface area contributed by atoms with Gasteiger partial charge in [-0.15, -0.1) is 0 Å². The van der Waals surface area contributed by atoms with Crippen LogP contribution in [-0.4, -0.2) is 36.3 Å². The Balaban J connectivity index is -0.000000427. The molecule has 0 aromatic heterocycles. The van der Waals surface area contributed by atoms with E-state index in [1.54, 1.807) is 0 Å². The van der Waals surface area contributed by atoms with Gasteiger partial charge in [-0.1, -0.05) is 78.1 Å². The van der Waals surface area contributed by atoms with Crippen LogP contribution in [0.4, 0.5) is 0 Å². The van der Waals surface area contributed by atoms with Gasteiger partial charge in [-0.3, -0.25) is 0 Å². The molecular formula is C16H34Cl2MgO. The monoisotopic (exact) mass is 336 g/mol. The van der Waals surface area contributed by atoms with Gasteiger partial charge >= 0.3 is 23.1 Å². The molecular weight excluding hydrogens is 303 g/mol. The zero-order chi connectivity index (χ0) is 12.6. The van der Waals surface area contributed by atoms with E-state index >= 15 is 0 Å². The fourth-order valence-electron chi connectivity index (χ4n) is 2.07. The number of ether oxygens (including phenoxy) is 1. The Morgan fingerprint density at radius 3 is 1.15 bits per heavy atom. The first-order chi connectivity index (χ1) is 8.41. The van der Waals surface area contributed by atoms with Gasteiger partial charge in [0.1, 0.15) is 0 Å². The summed E-state index contributed by atoms with van der Waals surface area (Å²) in [6, 6.07) is 0. The van der Waals surface area contributed by atoms with Gasteiger partial charge < -0.3 is 29.6 Å². The maximum Gasteiger partial charge on any atom is 2.00 e. The minimum absolute atomic E-state index is 0. The molecule has 20 heavy (non-hydrogen) atoms. The molecule has 0 atom stereocenters. The van der Waals surface area contributed by atoms with Crippen LogP contribution in [-0.2, 0) is 4.74 Å². The molecule has 0 aliphatic carbocycles. The van der Waals surface area contributed by atoms with Crippen LogP contribution in [0.1, 0.15) is 90.9 Å². The molecule has 0 bridgehead atoms. The van der Waals surface area contributed by atoms with E-state index in [0.717, 1.165) is 13.2 Å². The molecule has 0 fully saturated rings. The van der Waals surface area contributed by atoms with Crippen molar-refractivity contribution in [2.45, 2.75) is 90.9 Å². The molecule has 0 radical (unpaired) electrons. The van der Waals surface area contributed by atoms with Crippen LogP contribution in [0.5, 0.6) is 0 Å². The Bertz CT molecular complexity index is 124. The van der Waals surface area contributed by atoms with Crippen LogP contribution in [0.25, 0.3) is 0 Å². The van der Waals surface area contributed by atoms with Gasteiger partial charge in [0.15, 0.2) is 0 Å². The molecule has 0 heterocycles. The smallest absolute Gasteiger partial charge is 1.00 e. The minimum Gasteiger partial charge on any atom is -1.00 e. The summed E-state index contributed by atoms with van der Waals surface area (Å²) in [4.78, 5) is 0. The molecule has 0 aromatic rings. The Kier molecular flexibility index (Phi) is 41.7. The number of halogens is 2. The molecule has 0 saturated carbocycles. The van der Waals surface area contributed by atoms with Crippen LogP contribution in [0.15, 0.2) is 0 Å². The number of hydrogen-bond acceptors (Lipinski definition) is 1. The zero-order valence-electron chi connectivity index (χ0n) is 13.8. The topological polar surface area (TPSA) is 9.23 Å². The van der Waals surface area contributed by atoms with Crippen molar-refractivity contribution in [2.75, 3.05) is 13.2 Å². The van der Waals surface area contributed by atoms with E-state index in [-0.39, 0.29) is 47.9 Å². The van der Waals surface area contributed by atoms with E-state index in [4.69, 9.17) is 4.74 Å². The van der Waals surface area contributed by atoms with E-state index in [0.29, 0.717) is 0 Å². The van der Waals surface area contributed by atoms with Crippen LogP contribution in [0.2, 0.25) is 0 Å². The molecule has 0 rings (SSSR count). The molecule has 120 valence electrons. The summed E-state index contributed by atoms with van der Waals surface area (Å²) in [7, 11) is 0. The van der Waals surface area contributed by atoms with Crippen LogP contribution in [0.3, 0.4) is 0 Å². The van der Waals surface area contributed by atoms with Crippen LogP contribution >= 0.6 is 0 Å². The van der Waals surface area contributed by atoms with Gasteiger partial charge in [0.25, 0.3) is 0 Å². The van der Waals surface area contributed by atoms with E-state index in [9.17, 15) is 0 Å². The third-order valence-electron chi connectivity index (χ3n) is 3.28. The molecule has 1 nitrogen and oxygen atoms in total. The predicted octanol–water partition coefficient (Wildman–Crippen LogP) is -0.649. The van der Waals surface area contributed by atoms with Crippen LogP contribution < -0.4 is 24.8 Å². The molecule has 0 unspecified atom stereocenters. The third-order valence-corrected chi connectivity index (χ3v) is 3.28. The molecule has 0 aromatic carbocycles. The van der Waals surface area contributed by atoms with Gasteiger partial charge in [-0.05, 0) is 12.8 Å². The van der Waals surface area contributed by atoms with Gasteiger partial charge in [0, 0.05) is 13.2 Å². The van der Waals surface area contributed by atoms with E-state index in [1.807, 2.05) is 0 Å². The summed E-state index contributed by atoms with van der Waals surface area (Å²) >= 11 is 0. The third kappa shape index (κ3) is 27.6. The van der Waals surface area contributed by atoms with Gasteiger partial charge in [0.2, 0.25) is 0 Å². The summed E-state index contributed by atoms with van der Waals surface area (Å²) in [5, 5.41) is 0. The van der Waals surface area contributed by atoms with Crippen molar-refractivity contribution in [3.63, 3.8) is 0 Å². The Labute approximate surface area is 156 Å². The first kappa shape index (κ1) is 29.3. The Hall–Kier alpha value is 1.31. The largest absolute Gasteiger partial charge is 2.00 e. The van der Waals surface area contributed by atoms with E-state index in [2.05, 4.69) is 13.8 Å². The molecule has 0 saturated heterocycles. The van der Waals surface area contributed by atoms with E-state index in [1.165, 1.54) is 77.0 Å². The summed E-state index contributed by atoms with van der Waals surface area (Å²) < 4.78 is 5.65. The van der Waals surface area contributed by atoms with Crippen molar-refractivity contribution in [3.8, 4) is 0 Å². The second-order valence-corrected chi connectivity index (χ2v) is 5.15. The SMILES string of the molecule is CCCCCCCCOCCCCCCCC.[Cl-].[Cl-].[Mg+2]. The molecule has 0 aliphatic heterocycles. The quantitative estimate of drug-likeness (QED) is 0.302. The predicted molar refractivity (Wildman–Crippen MR) is 83.3 cm³/mol. The van der Waals surface area contributed by atoms with Gasteiger partial charge in [-0.25, -0.2) is 0 Å². The second-order valence-electron chi connectivity index (χ2n) is 5.15. The number of unbranched alkanes of at least 4 members (excludes halogenated alkanes) is 10. The molecule has 0 amide bonds. The summed E-state index contributed by atoms with van der Waals surface area (Å²) in [5.74, 6) is 0. The maximum atomic E-state index is 5.65. The Morgan fingerprint density at radius 1 is 0.500 bits per heavy atom. The van der Waals surface area contributed by atoms with Gasteiger partial charge in [-0.2, -0.15) is 0 Å². The molecule has 0 aliphatic rings. The number of rotatable bonds is 14. The average Bonchev–Trinajstić information content (AvgIpc) is 2.35. The standard InChI is InChI=1S/C16H34O.2ClH.Mg/c1-3-5-7-9-11-13-15-17-16-14-12-10-8-6-4-2;;;/h3-16H2,1-2H3;2*1H;/q;;;+2/p-2. The Morgan fingerprint density at radius 2 is 0.800 bits per heavy atom. The van der Waals surface area contributed by atoms with Crippen molar-refractivity contribution in [1.29, 1.82) is 0 Å². The summed E-state index contributed by atoms with van der Waals surface area (Å²) in [6.07, 6.45) is 16.3. The molecule has 0 N–H and O–H groups in total.